The largest absolute Gasteiger partial charge is 0.489 e. The summed E-state index contributed by atoms with van der Waals surface area (Å²) in [5, 5.41) is 79.0. The van der Waals surface area contributed by atoms with Gasteiger partial charge in [0.05, 0.1) is 69.1 Å². The lowest BCUT2D eigenvalue weighted by Crippen LogP contribution is -2.57. The molecule has 2 aliphatic heterocycles. The van der Waals surface area contributed by atoms with E-state index < -0.39 is 83.9 Å². The molecule has 0 saturated carbocycles. The van der Waals surface area contributed by atoms with Gasteiger partial charge >= 0.3 is 17.6 Å². The summed E-state index contributed by atoms with van der Waals surface area (Å²) < 4.78 is 56.2. The molecule has 2 amide bonds. The van der Waals surface area contributed by atoms with Gasteiger partial charge in [-0.2, -0.15) is 0 Å². The number of amides is 2. The first-order chi connectivity index (χ1) is 57.7. The van der Waals surface area contributed by atoms with E-state index in [1.165, 1.54) is 64.7 Å². The summed E-state index contributed by atoms with van der Waals surface area (Å²) in [5.41, 5.74) is 8.48. The number of carboxylic acids is 2. The summed E-state index contributed by atoms with van der Waals surface area (Å²) >= 11 is 0. The average Bonchev–Trinajstić information content (AvgIpc) is 0.800. The van der Waals surface area contributed by atoms with Gasteiger partial charge in [-0.05, 0) is 227 Å². The second-order valence-corrected chi connectivity index (χ2v) is 37.8. The molecule has 0 spiro atoms. The Morgan fingerprint density at radius 1 is 0.427 bits per heavy atom. The normalized spacial score (nSPS) is 19.1. The molecule has 10 rings (SSSR count). The average molecular weight is 1720 g/mol. The molecule has 0 bridgehead atoms. The molecule has 0 radical (unpaired) electrons. The van der Waals surface area contributed by atoms with Gasteiger partial charge in [-0.1, -0.05) is 131 Å². The first kappa shape index (κ1) is 103. The Morgan fingerprint density at radius 2 is 0.831 bits per heavy atom. The van der Waals surface area contributed by atoms with Gasteiger partial charge in [0.25, 0.3) is 5.91 Å². The minimum atomic E-state index is -1.55. The molecule has 682 valence electrons. The highest BCUT2D eigenvalue weighted by Crippen LogP contribution is 2.39. The Morgan fingerprint density at radius 3 is 1.29 bits per heavy atom. The van der Waals surface area contributed by atoms with Gasteiger partial charge in [0.2, 0.25) is 18.5 Å². The van der Waals surface area contributed by atoms with Gasteiger partial charge in [-0.25, -0.2) is 14.4 Å². The molecule has 0 aliphatic carbocycles. The Balaban J connectivity index is 0.000000244. The molecule has 10 atom stereocenters. The summed E-state index contributed by atoms with van der Waals surface area (Å²) in [6.45, 7) is 53.1. The monoisotopic (exact) mass is 1720 g/mol. The fourth-order valence-corrected chi connectivity index (χ4v) is 12.0. The number of carboxylic acid groups (broad SMARTS) is 2. The minimum absolute atomic E-state index is 0.0858. The lowest BCUT2D eigenvalue weighted by atomic mass is 9.90. The van der Waals surface area contributed by atoms with Gasteiger partial charge in [0.15, 0.2) is 35.2 Å². The zero-order chi connectivity index (χ0) is 92.6. The van der Waals surface area contributed by atoms with Crippen molar-refractivity contribution in [1.29, 1.82) is 0 Å². The first-order valence-corrected chi connectivity index (χ1v) is 42.7. The van der Waals surface area contributed by atoms with Crippen molar-refractivity contribution in [2.45, 2.75) is 291 Å². The van der Waals surface area contributed by atoms with Crippen molar-refractivity contribution < 1.29 is 96.9 Å². The first-order valence-electron chi connectivity index (χ1n) is 42.7. The number of aliphatic hydroxyl groups excluding tert-OH is 4. The summed E-state index contributed by atoms with van der Waals surface area (Å²) in [6.07, 6.45) is -10.5. The van der Waals surface area contributed by atoms with E-state index in [0.717, 1.165) is 16.8 Å². The highest BCUT2D eigenvalue weighted by Gasteiger charge is 2.48. The Kier molecular flexibility index (Phi) is 38.5. The van der Waals surface area contributed by atoms with E-state index in [1.807, 2.05) is 100 Å². The third kappa shape index (κ3) is 34.2. The van der Waals surface area contributed by atoms with Crippen LogP contribution in [0, 0.1) is 28.1 Å². The van der Waals surface area contributed by atoms with E-state index >= 15 is 0 Å². The van der Waals surface area contributed by atoms with Crippen molar-refractivity contribution in [3.63, 3.8) is 0 Å². The van der Waals surface area contributed by atoms with Crippen LogP contribution in [-0.2, 0) is 57.9 Å². The number of ether oxygens (including phenoxy) is 9. The molecule has 11 N–H and O–H groups in total. The number of fused-ring (bicyclic) bond motifs is 2. The minimum Gasteiger partial charge on any atom is -0.489 e. The third-order valence-corrected chi connectivity index (χ3v) is 18.8. The van der Waals surface area contributed by atoms with Crippen LogP contribution in [0.5, 0.6) is 23.0 Å². The molecular weight excluding hydrogens is 1580 g/mol. The number of hydrogen-bond acceptors (Lipinski definition) is 22. The van der Waals surface area contributed by atoms with Crippen molar-refractivity contribution in [3.8, 4) is 34.1 Å². The zero-order valence-electron chi connectivity index (χ0n) is 77.4. The number of carbonyl (C=O) groups is 4. The maximum atomic E-state index is 12.6. The van der Waals surface area contributed by atoms with Gasteiger partial charge < -0.3 is 104 Å². The van der Waals surface area contributed by atoms with E-state index in [0.29, 0.717) is 72.7 Å². The van der Waals surface area contributed by atoms with Crippen molar-refractivity contribution in [1.82, 2.24) is 5.32 Å². The maximum absolute atomic E-state index is 12.6. The van der Waals surface area contributed by atoms with Crippen LogP contribution in [0.3, 0.4) is 0 Å². The van der Waals surface area contributed by atoms with Crippen molar-refractivity contribution >= 4 is 68.2 Å². The standard InChI is InChI=1S/2C23H35NO8.C19H25NO.C17H23NO.C16H21NO3/c1-12-16(25)18(19(27)28)32-20(17(12)26)31-14-9-8-13(24-21(29)23(5,6)7)10-15(14)30-11-22(2,3)4;1-12-16(25)18(20(28)29)32-21(17(12)26)31-14-9-8-13(19(27)24-23(5,6)7)10-15(14)30-11-22(2,3)4;1-14(2)20-19-11-9-18(10-12-19)17-7-5-16(6-8-17)13-21-15(3)4;1-12(2)18-17-8-7-15-9-14(11-19-13(3)4)5-6-16(15)10-17;1-10(2)17-14-6-5-12-7-13(9-19-11(3)4)16(18)20-15(12)8-14/h8-10,12,16-18,20,25-26H,11H2,1-7H3,(H,24,29)(H,27,28);8-10,12,16-18,21,25-26H,11H2,1-7H3,(H,24,27)(H,28,29);5-12,14-15,20H,13H2,1-4H3;5-10,12-13,18H,11H2,1-4H3;5-8,10-11,17H,9H2,1-4H3/t12-,16-,17+,18-,20+;12-,16-,17+,18-,21+;;;/m00.../s1. The quantitative estimate of drug-likeness (QED) is 0.0203. The van der Waals surface area contributed by atoms with Crippen LogP contribution in [0.4, 0.5) is 22.7 Å². The highest BCUT2D eigenvalue weighted by molar-refractivity contribution is 5.96. The van der Waals surface area contributed by atoms with Crippen molar-refractivity contribution in [2.75, 3.05) is 34.5 Å². The van der Waals surface area contributed by atoms with Crippen LogP contribution in [0.1, 0.15) is 207 Å². The molecule has 3 heterocycles. The van der Waals surface area contributed by atoms with Crippen LogP contribution in [0.25, 0.3) is 32.9 Å². The highest BCUT2D eigenvalue weighted by atomic mass is 16.7. The molecule has 2 saturated heterocycles. The predicted octanol–water partition coefficient (Wildman–Crippen LogP) is 18.1. The molecular formula is C98H139N5O21. The predicted molar refractivity (Wildman–Crippen MR) is 489 cm³/mol. The van der Waals surface area contributed by atoms with Gasteiger partial charge in [-0.15, -0.1) is 0 Å². The molecule has 26 nitrogen and oxygen atoms in total. The topological polar surface area (TPSA) is 363 Å². The summed E-state index contributed by atoms with van der Waals surface area (Å²) in [4.78, 5) is 59.7. The van der Waals surface area contributed by atoms with E-state index in [2.05, 4.69) is 181 Å². The smallest absolute Gasteiger partial charge is 0.341 e. The van der Waals surface area contributed by atoms with Gasteiger partial charge in [-0.3, -0.25) is 9.59 Å². The molecule has 26 heteroatoms. The van der Waals surface area contributed by atoms with E-state index in [4.69, 9.17) is 47.0 Å². The third-order valence-electron chi connectivity index (χ3n) is 18.8. The van der Waals surface area contributed by atoms with Crippen LogP contribution in [0.2, 0.25) is 0 Å². The fourth-order valence-electron chi connectivity index (χ4n) is 12.0. The van der Waals surface area contributed by atoms with Crippen molar-refractivity contribution in [3.05, 3.63) is 178 Å². The van der Waals surface area contributed by atoms with Crippen LogP contribution in [-0.4, -0.2) is 159 Å². The Labute approximate surface area is 732 Å². The number of benzene rings is 7. The molecule has 0 unspecified atom stereocenters. The van der Waals surface area contributed by atoms with Gasteiger partial charge in [0.1, 0.15) is 17.8 Å². The number of anilines is 4. The van der Waals surface area contributed by atoms with E-state index in [-0.39, 0.29) is 70.4 Å². The van der Waals surface area contributed by atoms with Crippen LogP contribution >= 0.6 is 0 Å². The van der Waals surface area contributed by atoms with Crippen LogP contribution in [0.15, 0.2) is 155 Å². The number of aliphatic carboxylic acids is 2. The number of aliphatic hydroxyl groups is 4. The summed E-state index contributed by atoms with van der Waals surface area (Å²) in [6, 6.07) is 48.4. The molecule has 7 aromatic carbocycles. The second-order valence-electron chi connectivity index (χ2n) is 37.8. The fraction of sp³-hybridized carbons (Fsp3) is 0.520. The van der Waals surface area contributed by atoms with E-state index in [1.54, 1.807) is 45.0 Å². The van der Waals surface area contributed by atoms with Crippen molar-refractivity contribution in [2.24, 2.45) is 28.1 Å². The van der Waals surface area contributed by atoms with E-state index in [9.17, 15) is 54.6 Å². The number of rotatable bonds is 28. The lowest BCUT2D eigenvalue weighted by molar-refractivity contribution is -0.255. The molecule has 124 heavy (non-hydrogen) atoms. The number of nitrogens with one attached hydrogen (secondary N) is 5. The Bertz CT molecular complexity index is 4770. The molecule has 2 aliphatic rings. The lowest BCUT2D eigenvalue weighted by Gasteiger charge is -2.39. The summed E-state index contributed by atoms with van der Waals surface area (Å²) in [7, 11) is 0. The number of carbonyl (C=O) groups excluding carboxylic acids is 2. The Hall–Kier alpha value is -9.87. The van der Waals surface area contributed by atoms with Gasteiger partial charge in [0, 0.05) is 86.7 Å². The maximum Gasteiger partial charge on any atom is 0.341 e. The second kappa shape index (κ2) is 46.4. The zero-order valence-corrected chi connectivity index (χ0v) is 77.4. The van der Waals surface area contributed by atoms with Crippen LogP contribution < -0.4 is 51.2 Å². The number of hydrogen-bond donors (Lipinski definition) is 11. The molecule has 1 aromatic heterocycles. The molecule has 2 fully saturated rings. The SMILES string of the molecule is CC(C)Nc1ccc(-c2ccc(COC(C)C)cc2)cc1.CC(C)Nc1ccc2cc(COC(C)C)c(=O)oc2c1.CC(C)Nc1ccc2cc(COC(C)C)ccc2c1.C[C@@H]1[C@@H](O)[C@H](Oc2ccc(C(=O)NC(C)(C)C)cc2OCC(C)(C)C)O[C@H](C(=O)O)[C@H]1O.C[C@@H]1[C@@H](O)[C@H](Oc2ccc(NC(=O)C(C)(C)C)cc2OCC(C)(C)C)O[C@H](C(=O)O)[C@H]1O. The molecule has 8 aromatic rings. The summed E-state index contributed by atoms with van der Waals surface area (Å²) in [5.74, 6) is -3.83.